The predicted molar refractivity (Wildman–Crippen MR) is 75.2 cm³/mol. The van der Waals surface area contributed by atoms with E-state index < -0.39 is 11.6 Å². The van der Waals surface area contributed by atoms with Crippen LogP contribution in [0.3, 0.4) is 0 Å². The molecule has 3 rings (SSSR count). The Kier molecular flexibility index (Phi) is 3.27. The van der Waals surface area contributed by atoms with Crippen molar-refractivity contribution in [2.75, 3.05) is 0 Å². The molecular formula is C15H16N2O5. The van der Waals surface area contributed by atoms with Crippen molar-refractivity contribution in [3.63, 3.8) is 0 Å². The van der Waals surface area contributed by atoms with E-state index in [9.17, 15) is 9.90 Å². The maximum absolute atomic E-state index is 11.2. The topological polar surface area (TPSA) is 94.7 Å². The van der Waals surface area contributed by atoms with E-state index in [4.69, 9.17) is 14.0 Å². The smallest absolute Gasteiger partial charge is 0.335 e. The van der Waals surface area contributed by atoms with Crippen molar-refractivity contribution >= 4 is 5.97 Å². The van der Waals surface area contributed by atoms with Crippen LogP contribution in [0.4, 0.5) is 0 Å². The summed E-state index contributed by atoms with van der Waals surface area (Å²) < 4.78 is 16.5. The van der Waals surface area contributed by atoms with Gasteiger partial charge in [-0.2, -0.15) is 4.98 Å². The van der Waals surface area contributed by atoms with Gasteiger partial charge in [0.25, 0.3) is 5.89 Å². The van der Waals surface area contributed by atoms with Crippen molar-refractivity contribution in [2.24, 2.45) is 0 Å². The second-order valence-corrected chi connectivity index (χ2v) is 5.82. The molecule has 2 aromatic rings. The number of ether oxygens (including phenoxy) is 2. The first-order valence-electron chi connectivity index (χ1n) is 6.85. The molecule has 1 N–H and O–H groups in total. The first-order valence-corrected chi connectivity index (χ1v) is 6.85. The molecule has 0 radical (unpaired) electrons. The fourth-order valence-corrected chi connectivity index (χ4v) is 2.43. The Labute approximate surface area is 126 Å². The molecule has 1 aromatic heterocycles. The molecule has 7 nitrogen and oxygen atoms in total. The predicted octanol–water partition coefficient (Wildman–Crippen LogP) is 2.37. The third-order valence-corrected chi connectivity index (χ3v) is 3.32. The van der Waals surface area contributed by atoms with Gasteiger partial charge in [0.15, 0.2) is 12.4 Å². The van der Waals surface area contributed by atoms with Gasteiger partial charge in [-0.3, -0.25) is 0 Å². The number of carboxylic acid groups (broad SMARTS) is 1. The van der Waals surface area contributed by atoms with Gasteiger partial charge in [-0.15, -0.1) is 0 Å². The minimum absolute atomic E-state index is 0.0801. The van der Waals surface area contributed by atoms with Gasteiger partial charge in [0.05, 0.1) is 5.56 Å². The maximum Gasteiger partial charge on any atom is 0.335 e. The van der Waals surface area contributed by atoms with Crippen molar-refractivity contribution in [3.05, 3.63) is 35.0 Å². The Hall–Kier alpha value is -2.57. The van der Waals surface area contributed by atoms with Crippen LogP contribution in [0.15, 0.2) is 16.7 Å². The van der Waals surface area contributed by atoms with E-state index in [0.717, 1.165) is 5.56 Å². The van der Waals surface area contributed by atoms with E-state index in [0.29, 0.717) is 29.6 Å². The number of fused-ring (bicyclic) bond motifs is 1. The first-order chi connectivity index (χ1) is 10.3. The average Bonchev–Trinajstić information content (AvgIpc) is 2.97. The van der Waals surface area contributed by atoms with Gasteiger partial charge in [-0.1, -0.05) is 5.16 Å². The molecule has 0 atom stereocenters. The number of hydrogen-bond donors (Lipinski definition) is 1. The fourth-order valence-electron chi connectivity index (χ4n) is 2.43. The molecule has 0 aliphatic carbocycles. The number of nitrogens with zero attached hydrogens (tertiary/aromatic N) is 2. The van der Waals surface area contributed by atoms with Gasteiger partial charge < -0.3 is 19.1 Å². The molecule has 0 amide bonds. The second-order valence-electron chi connectivity index (χ2n) is 5.82. The summed E-state index contributed by atoms with van der Waals surface area (Å²) in [5, 5.41) is 12.9. The number of carboxylic acids is 1. The third-order valence-electron chi connectivity index (χ3n) is 3.32. The molecular weight excluding hydrogens is 288 g/mol. The Balaban J connectivity index is 1.91. The highest BCUT2D eigenvalue weighted by atomic mass is 16.5. The molecule has 0 spiro atoms. The molecule has 0 fully saturated rings. The van der Waals surface area contributed by atoms with E-state index in [-0.39, 0.29) is 12.2 Å². The zero-order chi connectivity index (χ0) is 15.9. The SMILES string of the molecule is Cc1noc(COc2cc(C(=O)O)cc3c2CC(C)(C)O3)n1. The Morgan fingerprint density at radius 2 is 2.23 bits per heavy atom. The summed E-state index contributed by atoms with van der Waals surface area (Å²) >= 11 is 0. The van der Waals surface area contributed by atoms with Crippen LogP contribution in [-0.4, -0.2) is 26.8 Å². The second kappa shape index (κ2) is 5.01. The zero-order valence-electron chi connectivity index (χ0n) is 12.5. The average molecular weight is 304 g/mol. The Morgan fingerprint density at radius 1 is 1.45 bits per heavy atom. The minimum Gasteiger partial charge on any atom is -0.487 e. The van der Waals surface area contributed by atoms with Crippen LogP contribution in [-0.2, 0) is 13.0 Å². The van der Waals surface area contributed by atoms with E-state index in [2.05, 4.69) is 10.1 Å². The summed E-state index contributed by atoms with van der Waals surface area (Å²) in [7, 11) is 0. The Bertz CT molecular complexity index is 736. The van der Waals surface area contributed by atoms with Crippen LogP contribution in [0.5, 0.6) is 11.5 Å². The summed E-state index contributed by atoms with van der Waals surface area (Å²) in [6.07, 6.45) is 0.639. The molecule has 0 saturated heterocycles. The molecule has 7 heteroatoms. The van der Waals surface area contributed by atoms with E-state index in [1.54, 1.807) is 6.92 Å². The van der Waals surface area contributed by atoms with Crippen LogP contribution in [0.25, 0.3) is 0 Å². The zero-order valence-corrected chi connectivity index (χ0v) is 12.5. The van der Waals surface area contributed by atoms with Gasteiger partial charge in [0.1, 0.15) is 17.1 Å². The van der Waals surface area contributed by atoms with Crippen LogP contribution in [0.2, 0.25) is 0 Å². The first kappa shape index (κ1) is 14.4. The molecule has 116 valence electrons. The largest absolute Gasteiger partial charge is 0.487 e. The summed E-state index contributed by atoms with van der Waals surface area (Å²) in [4.78, 5) is 15.3. The lowest BCUT2D eigenvalue weighted by atomic mass is 10.00. The number of aromatic carboxylic acids is 1. The summed E-state index contributed by atoms with van der Waals surface area (Å²) in [6.45, 7) is 5.68. The van der Waals surface area contributed by atoms with Crippen molar-refractivity contribution in [1.82, 2.24) is 10.1 Å². The minimum atomic E-state index is -1.03. The number of hydrogen-bond acceptors (Lipinski definition) is 6. The molecule has 0 bridgehead atoms. The lowest BCUT2D eigenvalue weighted by Gasteiger charge is -2.16. The number of aryl methyl sites for hydroxylation is 1. The van der Waals surface area contributed by atoms with E-state index in [1.165, 1.54) is 12.1 Å². The van der Waals surface area contributed by atoms with Crippen LogP contribution >= 0.6 is 0 Å². The summed E-state index contributed by atoms with van der Waals surface area (Å²) in [5.41, 5.74) is 0.581. The molecule has 1 aliphatic heterocycles. The van der Waals surface area contributed by atoms with E-state index in [1.807, 2.05) is 13.8 Å². The van der Waals surface area contributed by atoms with Crippen molar-refractivity contribution in [1.29, 1.82) is 0 Å². The van der Waals surface area contributed by atoms with Crippen LogP contribution in [0.1, 0.15) is 41.5 Å². The number of rotatable bonds is 4. The molecule has 0 unspecified atom stereocenters. The molecule has 1 aliphatic rings. The van der Waals surface area contributed by atoms with E-state index >= 15 is 0 Å². The summed E-state index contributed by atoms with van der Waals surface area (Å²) in [5.74, 6) is 0.838. The third kappa shape index (κ3) is 2.74. The molecule has 1 aromatic carbocycles. The maximum atomic E-state index is 11.2. The van der Waals surface area contributed by atoms with Crippen LogP contribution < -0.4 is 9.47 Å². The molecule has 0 saturated carbocycles. The highest BCUT2D eigenvalue weighted by Gasteiger charge is 2.33. The molecule has 2 heterocycles. The van der Waals surface area contributed by atoms with Crippen molar-refractivity contribution in [3.8, 4) is 11.5 Å². The van der Waals surface area contributed by atoms with Gasteiger partial charge >= 0.3 is 5.97 Å². The van der Waals surface area contributed by atoms with Gasteiger partial charge in [0.2, 0.25) is 0 Å². The quantitative estimate of drug-likeness (QED) is 0.926. The number of aromatic nitrogens is 2. The number of benzene rings is 1. The Morgan fingerprint density at radius 3 is 2.86 bits per heavy atom. The highest BCUT2D eigenvalue weighted by molar-refractivity contribution is 5.89. The normalized spacial score (nSPS) is 15.2. The monoisotopic (exact) mass is 304 g/mol. The molecule has 22 heavy (non-hydrogen) atoms. The van der Waals surface area contributed by atoms with Crippen molar-refractivity contribution < 1.29 is 23.9 Å². The van der Waals surface area contributed by atoms with Gasteiger partial charge in [0, 0.05) is 12.0 Å². The number of carbonyl (C=O) groups is 1. The summed E-state index contributed by atoms with van der Waals surface area (Å²) in [6, 6.07) is 3.02. The lowest BCUT2D eigenvalue weighted by molar-refractivity contribution is 0.0695. The fraction of sp³-hybridized carbons (Fsp3) is 0.400. The van der Waals surface area contributed by atoms with Gasteiger partial charge in [-0.25, -0.2) is 4.79 Å². The van der Waals surface area contributed by atoms with Gasteiger partial charge in [-0.05, 0) is 32.9 Å². The highest BCUT2D eigenvalue weighted by Crippen LogP contribution is 2.41. The van der Waals surface area contributed by atoms with Crippen molar-refractivity contribution in [2.45, 2.75) is 39.4 Å². The van der Waals surface area contributed by atoms with Crippen LogP contribution in [0, 0.1) is 6.92 Å². The lowest BCUT2D eigenvalue weighted by Crippen LogP contribution is -2.24. The standard InChI is InChI=1S/C15H16N2O5/c1-8-16-13(22-17-8)7-20-11-4-9(14(18)19)5-12-10(11)6-15(2,3)21-12/h4-5H,6-7H2,1-3H3,(H,18,19).